The highest BCUT2D eigenvalue weighted by Gasteiger charge is 2.25. The Labute approximate surface area is 181 Å². The zero-order valence-electron chi connectivity index (χ0n) is 17.0. The monoisotopic (exact) mass is 409 g/mol. The van der Waals surface area contributed by atoms with Crippen LogP contribution >= 0.6 is 0 Å². The molecule has 0 saturated heterocycles. The van der Waals surface area contributed by atoms with Gasteiger partial charge in [0.15, 0.2) is 5.82 Å². The average Bonchev–Trinajstić information content (AvgIpc) is 3.55. The molecule has 1 heterocycles. The average molecular weight is 409 g/mol. The van der Waals surface area contributed by atoms with E-state index >= 15 is 0 Å². The van der Waals surface area contributed by atoms with Gasteiger partial charge in [0, 0.05) is 17.7 Å². The lowest BCUT2D eigenvalue weighted by Gasteiger charge is -2.08. The van der Waals surface area contributed by atoms with Crippen LogP contribution in [0.15, 0.2) is 84.9 Å². The van der Waals surface area contributed by atoms with Crippen LogP contribution in [0.4, 0.5) is 5.82 Å². The first-order chi connectivity index (χ1) is 15.2. The van der Waals surface area contributed by atoms with Gasteiger partial charge < -0.3 is 10.1 Å². The van der Waals surface area contributed by atoms with Crippen LogP contribution in [0.3, 0.4) is 0 Å². The maximum Gasteiger partial charge on any atom is 0.229 e. The van der Waals surface area contributed by atoms with Crippen molar-refractivity contribution >= 4 is 11.7 Å². The molecule has 1 saturated carbocycles. The van der Waals surface area contributed by atoms with Gasteiger partial charge in [-0.3, -0.25) is 9.89 Å². The zero-order chi connectivity index (χ0) is 21.0. The Morgan fingerprint density at radius 2 is 1.55 bits per heavy atom. The highest BCUT2D eigenvalue weighted by molar-refractivity contribution is 5.91. The summed E-state index contributed by atoms with van der Waals surface area (Å²) >= 11 is 0. The molecule has 0 radical (unpaired) electrons. The minimum absolute atomic E-state index is 0.0657. The second-order valence-corrected chi connectivity index (χ2v) is 7.84. The summed E-state index contributed by atoms with van der Waals surface area (Å²) in [6, 6.07) is 27.7. The summed E-state index contributed by atoms with van der Waals surface area (Å²) in [4.78, 5) is 12.3. The van der Waals surface area contributed by atoms with Crippen molar-refractivity contribution < 1.29 is 9.53 Å². The number of para-hydroxylation sites is 1. The number of carbonyl (C=O) groups is 1. The first-order valence-electron chi connectivity index (χ1n) is 10.5. The number of rotatable bonds is 7. The maximum atomic E-state index is 12.3. The van der Waals surface area contributed by atoms with E-state index in [4.69, 9.17) is 4.74 Å². The fourth-order valence-electron chi connectivity index (χ4n) is 3.53. The molecule has 5 heteroatoms. The highest BCUT2D eigenvalue weighted by Crippen LogP contribution is 2.39. The number of amides is 1. The van der Waals surface area contributed by atoms with Gasteiger partial charge in [-0.25, -0.2) is 0 Å². The summed E-state index contributed by atoms with van der Waals surface area (Å²) in [5.41, 5.74) is 4.26. The van der Waals surface area contributed by atoms with E-state index in [1.54, 1.807) is 0 Å². The third kappa shape index (κ3) is 4.83. The van der Waals surface area contributed by atoms with E-state index in [9.17, 15) is 4.79 Å². The summed E-state index contributed by atoms with van der Waals surface area (Å²) in [6.45, 7) is 0. The van der Waals surface area contributed by atoms with E-state index in [-0.39, 0.29) is 5.91 Å². The van der Waals surface area contributed by atoms with Gasteiger partial charge in [-0.2, -0.15) is 5.10 Å². The molecule has 1 aliphatic carbocycles. The Kier molecular flexibility index (Phi) is 5.23. The lowest BCUT2D eigenvalue weighted by atomic mass is 10.0. The van der Waals surface area contributed by atoms with Crippen molar-refractivity contribution in [2.24, 2.45) is 0 Å². The molecule has 5 rings (SSSR count). The molecule has 2 N–H and O–H groups in total. The van der Waals surface area contributed by atoms with Crippen LogP contribution in [0.1, 0.15) is 30.0 Å². The second kappa shape index (κ2) is 8.48. The first kappa shape index (κ1) is 19.1. The van der Waals surface area contributed by atoms with E-state index < -0.39 is 0 Å². The maximum absolute atomic E-state index is 12.3. The number of aromatic amines is 1. The van der Waals surface area contributed by atoms with Gasteiger partial charge in [-0.15, -0.1) is 0 Å². The number of nitrogens with one attached hydrogen (secondary N) is 2. The normalized spacial score (nSPS) is 13.0. The molecule has 0 spiro atoms. The lowest BCUT2D eigenvalue weighted by molar-refractivity contribution is -0.115. The van der Waals surface area contributed by atoms with Gasteiger partial charge in [0.05, 0.1) is 6.42 Å². The van der Waals surface area contributed by atoms with Gasteiger partial charge in [0.1, 0.15) is 11.5 Å². The van der Waals surface area contributed by atoms with Gasteiger partial charge in [-0.05, 0) is 53.8 Å². The molecule has 0 atom stereocenters. The molecule has 3 aromatic carbocycles. The predicted octanol–water partition coefficient (Wildman–Crippen LogP) is 5.93. The van der Waals surface area contributed by atoms with Crippen LogP contribution in [0.25, 0.3) is 11.1 Å². The van der Waals surface area contributed by atoms with Crippen LogP contribution < -0.4 is 10.1 Å². The van der Waals surface area contributed by atoms with Crippen molar-refractivity contribution in [2.75, 3.05) is 5.32 Å². The molecule has 0 aliphatic heterocycles. The minimum Gasteiger partial charge on any atom is -0.457 e. The largest absolute Gasteiger partial charge is 0.457 e. The van der Waals surface area contributed by atoms with Crippen LogP contribution in [0.2, 0.25) is 0 Å². The Balaban J connectivity index is 1.18. The topological polar surface area (TPSA) is 67.0 Å². The summed E-state index contributed by atoms with van der Waals surface area (Å²) < 4.78 is 5.85. The summed E-state index contributed by atoms with van der Waals surface area (Å²) in [7, 11) is 0. The summed E-state index contributed by atoms with van der Waals surface area (Å²) in [5.74, 6) is 2.73. The number of H-pyrrole nitrogens is 1. The number of hydrogen-bond acceptors (Lipinski definition) is 3. The molecule has 1 amide bonds. The number of nitrogens with zero attached hydrogens (tertiary/aromatic N) is 1. The van der Waals surface area contributed by atoms with E-state index in [1.807, 2.05) is 84.9 Å². The van der Waals surface area contributed by atoms with Crippen molar-refractivity contribution in [3.05, 3.63) is 96.2 Å². The van der Waals surface area contributed by atoms with Crippen LogP contribution in [-0.2, 0) is 11.2 Å². The van der Waals surface area contributed by atoms with Gasteiger partial charge >= 0.3 is 0 Å². The highest BCUT2D eigenvalue weighted by atomic mass is 16.5. The van der Waals surface area contributed by atoms with Crippen molar-refractivity contribution in [1.82, 2.24) is 10.2 Å². The van der Waals surface area contributed by atoms with Gasteiger partial charge in [0.2, 0.25) is 5.91 Å². The molecular formula is C26H23N3O2. The molecule has 4 aromatic rings. The smallest absolute Gasteiger partial charge is 0.229 e. The Bertz CT molecular complexity index is 1160. The SMILES string of the molecule is O=C(Cc1ccc(-c2ccc(Oc3ccccc3)cc2)cc1)Nc1cc(C2CC2)[nH]n1. The predicted molar refractivity (Wildman–Crippen MR) is 121 cm³/mol. The van der Waals surface area contributed by atoms with Gasteiger partial charge in [0.25, 0.3) is 0 Å². The van der Waals surface area contributed by atoms with E-state index in [0.717, 1.165) is 33.9 Å². The molecule has 31 heavy (non-hydrogen) atoms. The number of anilines is 1. The third-order valence-corrected chi connectivity index (χ3v) is 5.37. The molecular weight excluding hydrogens is 386 g/mol. The standard InChI is InChI=1S/C26H23N3O2/c30-26(27-25-17-24(28-29-25)21-10-11-21)16-18-6-8-19(9-7-18)20-12-14-23(15-13-20)31-22-4-2-1-3-5-22/h1-9,12-15,17,21H,10-11,16H2,(H2,27,28,29,30). The Hall–Kier alpha value is -3.86. The number of carbonyl (C=O) groups excluding carboxylic acids is 1. The van der Waals surface area contributed by atoms with Crippen molar-refractivity contribution in [2.45, 2.75) is 25.2 Å². The van der Waals surface area contributed by atoms with Crippen molar-refractivity contribution in [3.8, 4) is 22.6 Å². The number of ether oxygens (including phenoxy) is 1. The van der Waals surface area contributed by atoms with E-state index in [1.165, 1.54) is 12.8 Å². The fraction of sp³-hybridized carbons (Fsp3) is 0.154. The first-order valence-corrected chi connectivity index (χ1v) is 10.5. The molecule has 5 nitrogen and oxygen atoms in total. The van der Waals surface area contributed by atoms with Crippen molar-refractivity contribution in [3.63, 3.8) is 0 Å². The van der Waals surface area contributed by atoms with Crippen LogP contribution in [-0.4, -0.2) is 16.1 Å². The lowest BCUT2D eigenvalue weighted by Crippen LogP contribution is -2.14. The second-order valence-electron chi connectivity index (χ2n) is 7.84. The molecule has 0 unspecified atom stereocenters. The summed E-state index contributed by atoms with van der Waals surface area (Å²) in [6.07, 6.45) is 2.71. The van der Waals surface area contributed by atoms with Crippen LogP contribution in [0, 0.1) is 0 Å². The fourth-order valence-corrected chi connectivity index (χ4v) is 3.53. The molecule has 0 bridgehead atoms. The number of benzene rings is 3. The van der Waals surface area contributed by atoms with E-state index in [2.05, 4.69) is 15.5 Å². The quantitative estimate of drug-likeness (QED) is 0.398. The van der Waals surface area contributed by atoms with Crippen molar-refractivity contribution in [1.29, 1.82) is 0 Å². The summed E-state index contributed by atoms with van der Waals surface area (Å²) in [5, 5.41) is 10.1. The minimum atomic E-state index is -0.0657. The molecule has 154 valence electrons. The number of aromatic nitrogens is 2. The number of hydrogen-bond donors (Lipinski definition) is 2. The Morgan fingerprint density at radius 1 is 0.903 bits per heavy atom. The van der Waals surface area contributed by atoms with Crippen LogP contribution in [0.5, 0.6) is 11.5 Å². The molecule has 1 aliphatic rings. The molecule has 1 fully saturated rings. The third-order valence-electron chi connectivity index (χ3n) is 5.37. The molecule has 1 aromatic heterocycles. The zero-order valence-corrected chi connectivity index (χ0v) is 17.0. The van der Waals surface area contributed by atoms with E-state index in [0.29, 0.717) is 18.2 Å². The van der Waals surface area contributed by atoms with Gasteiger partial charge in [-0.1, -0.05) is 54.6 Å². The Morgan fingerprint density at radius 3 is 2.23 bits per heavy atom.